The summed E-state index contributed by atoms with van der Waals surface area (Å²) in [5.41, 5.74) is -0.172. The van der Waals surface area contributed by atoms with E-state index in [2.05, 4.69) is 10.3 Å². The van der Waals surface area contributed by atoms with Gasteiger partial charge in [-0.05, 0) is 5.56 Å². The SMILES string of the molecule is O=C(N[C@@H](C(=O)O)c1ccccc1)c1c[nH]ccc1=O. The Balaban J connectivity index is 2.26. The Hall–Kier alpha value is -2.89. The van der Waals surface area contributed by atoms with E-state index >= 15 is 0 Å². The van der Waals surface area contributed by atoms with Gasteiger partial charge >= 0.3 is 5.97 Å². The Bertz CT molecular complexity index is 679. The zero-order valence-electron chi connectivity index (χ0n) is 10.4. The minimum atomic E-state index is -1.21. The molecule has 6 heteroatoms. The van der Waals surface area contributed by atoms with Crippen LogP contribution in [-0.2, 0) is 4.79 Å². The minimum Gasteiger partial charge on any atom is -0.479 e. The second kappa shape index (κ2) is 5.83. The van der Waals surface area contributed by atoms with E-state index in [-0.39, 0.29) is 5.56 Å². The van der Waals surface area contributed by atoms with Gasteiger partial charge in [-0.15, -0.1) is 0 Å². The molecule has 3 N–H and O–H groups in total. The van der Waals surface area contributed by atoms with Gasteiger partial charge in [0.05, 0.1) is 0 Å². The number of rotatable bonds is 4. The minimum absolute atomic E-state index is 0.130. The molecule has 1 aromatic heterocycles. The molecule has 0 aliphatic carbocycles. The molecule has 2 aromatic rings. The van der Waals surface area contributed by atoms with Gasteiger partial charge in [0.1, 0.15) is 5.56 Å². The van der Waals surface area contributed by atoms with Gasteiger partial charge in [-0.1, -0.05) is 30.3 Å². The molecule has 102 valence electrons. The van der Waals surface area contributed by atoms with Gasteiger partial charge in [0.25, 0.3) is 5.91 Å². The molecule has 20 heavy (non-hydrogen) atoms. The van der Waals surface area contributed by atoms with E-state index in [4.69, 9.17) is 0 Å². The average Bonchev–Trinajstić information content (AvgIpc) is 2.45. The van der Waals surface area contributed by atoms with E-state index in [1.807, 2.05) is 0 Å². The van der Waals surface area contributed by atoms with Crippen LogP contribution in [0.4, 0.5) is 0 Å². The van der Waals surface area contributed by atoms with Crippen LogP contribution in [0.2, 0.25) is 0 Å². The Kier molecular flexibility index (Phi) is 3.95. The zero-order chi connectivity index (χ0) is 14.5. The van der Waals surface area contributed by atoms with Crippen LogP contribution in [0, 0.1) is 0 Å². The largest absolute Gasteiger partial charge is 0.479 e. The number of aromatic nitrogens is 1. The van der Waals surface area contributed by atoms with Gasteiger partial charge in [0.2, 0.25) is 0 Å². The first-order chi connectivity index (χ1) is 9.59. The van der Waals surface area contributed by atoms with Crippen LogP contribution in [-0.4, -0.2) is 22.0 Å². The summed E-state index contributed by atoms with van der Waals surface area (Å²) in [6, 6.07) is 8.27. The fourth-order valence-electron chi connectivity index (χ4n) is 1.74. The van der Waals surface area contributed by atoms with E-state index in [0.29, 0.717) is 5.56 Å². The predicted octanol–water partition coefficient (Wildman–Crippen LogP) is 0.931. The van der Waals surface area contributed by atoms with E-state index in [9.17, 15) is 19.5 Å². The zero-order valence-corrected chi connectivity index (χ0v) is 10.4. The molecule has 0 saturated carbocycles. The number of hydrogen-bond donors (Lipinski definition) is 3. The van der Waals surface area contributed by atoms with Crippen molar-refractivity contribution in [1.82, 2.24) is 10.3 Å². The van der Waals surface area contributed by atoms with Crippen molar-refractivity contribution in [2.45, 2.75) is 6.04 Å². The van der Waals surface area contributed by atoms with E-state index in [0.717, 1.165) is 0 Å². The van der Waals surface area contributed by atoms with E-state index < -0.39 is 23.3 Å². The third-order valence-electron chi connectivity index (χ3n) is 2.72. The van der Waals surface area contributed by atoms with Crippen LogP contribution < -0.4 is 10.7 Å². The smallest absolute Gasteiger partial charge is 0.330 e. The predicted molar refractivity (Wildman–Crippen MR) is 71.3 cm³/mol. The third-order valence-corrected chi connectivity index (χ3v) is 2.72. The van der Waals surface area contributed by atoms with Crippen molar-refractivity contribution in [1.29, 1.82) is 0 Å². The van der Waals surface area contributed by atoms with Gasteiger partial charge in [0, 0.05) is 18.5 Å². The summed E-state index contributed by atoms with van der Waals surface area (Å²) >= 11 is 0. The maximum atomic E-state index is 12.0. The number of nitrogens with one attached hydrogen (secondary N) is 2. The molecule has 0 bridgehead atoms. The Morgan fingerprint density at radius 1 is 1.15 bits per heavy atom. The molecular weight excluding hydrogens is 260 g/mol. The molecule has 1 heterocycles. The van der Waals surface area contributed by atoms with E-state index in [1.165, 1.54) is 18.5 Å². The first-order valence-electron chi connectivity index (χ1n) is 5.85. The topological polar surface area (TPSA) is 99.3 Å². The fourth-order valence-corrected chi connectivity index (χ4v) is 1.74. The summed E-state index contributed by atoms with van der Waals surface area (Å²) in [5, 5.41) is 11.5. The maximum Gasteiger partial charge on any atom is 0.330 e. The van der Waals surface area contributed by atoms with Crippen LogP contribution in [0.3, 0.4) is 0 Å². The van der Waals surface area contributed by atoms with Crippen molar-refractivity contribution in [3.8, 4) is 0 Å². The summed E-state index contributed by atoms with van der Waals surface area (Å²) in [4.78, 5) is 37.3. The van der Waals surface area contributed by atoms with Gasteiger partial charge in [-0.3, -0.25) is 9.59 Å². The lowest BCUT2D eigenvalue weighted by Gasteiger charge is -2.14. The highest BCUT2D eigenvalue weighted by Crippen LogP contribution is 2.13. The number of H-pyrrole nitrogens is 1. The fraction of sp³-hybridized carbons (Fsp3) is 0.0714. The highest BCUT2D eigenvalue weighted by Gasteiger charge is 2.23. The summed E-state index contributed by atoms with van der Waals surface area (Å²) in [7, 11) is 0. The van der Waals surface area contributed by atoms with Gasteiger partial charge < -0.3 is 15.4 Å². The normalized spacial score (nSPS) is 11.6. The number of carboxylic acids is 1. The van der Waals surface area contributed by atoms with Crippen LogP contribution >= 0.6 is 0 Å². The van der Waals surface area contributed by atoms with Crippen molar-refractivity contribution in [2.75, 3.05) is 0 Å². The van der Waals surface area contributed by atoms with Crippen molar-refractivity contribution in [2.24, 2.45) is 0 Å². The number of carboxylic acid groups (broad SMARTS) is 1. The summed E-state index contributed by atoms with van der Waals surface area (Å²) in [6.45, 7) is 0. The lowest BCUT2D eigenvalue weighted by Crippen LogP contribution is -2.36. The number of amides is 1. The molecule has 0 fully saturated rings. The number of aromatic amines is 1. The van der Waals surface area contributed by atoms with Crippen molar-refractivity contribution < 1.29 is 14.7 Å². The Morgan fingerprint density at radius 2 is 1.85 bits per heavy atom. The van der Waals surface area contributed by atoms with Gasteiger partial charge in [0.15, 0.2) is 11.5 Å². The Labute approximate surface area is 114 Å². The standard InChI is InChI=1S/C14H12N2O4/c17-11-6-7-15-8-10(11)13(18)16-12(14(19)20)9-4-2-1-3-5-9/h1-8,12H,(H,15,17)(H,16,18)(H,19,20)/t12-/m1/s1. The highest BCUT2D eigenvalue weighted by atomic mass is 16.4. The monoisotopic (exact) mass is 272 g/mol. The molecule has 0 spiro atoms. The second-order valence-corrected chi connectivity index (χ2v) is 4.08. The van der Waals surface area contributed by atoms with Gasteiger partial charge in [-0.25, -0.2) is 4.79 Å². The molecule has 0 aliphatic heterocycles. The van der Waals surface area contributed by atoms with Crippen LogP contribution in [0.15, 0.2) is 53.6 Å². The first-order valence-corrected chi connectivity index (χ1v) is 5.85. The molecule has 6 nitrogen and oxygen atoms in total. The number of pyridine rings is 1. The number of carbonyl (C=O) groups is 2. The van der Waals surface area contributed by atoms with Crippen LogP contribution in [0.5, 0.6) is 0 Å². The summed E-state index contributed by atoms with van der Waals surface area (Å²) in [6.07, 6.45) is 2.63. The molecule has 1 amide bonds. The molecular formula is C14H12N2O4. The quantitative estimate of drug-likeness (QED) is 0.771. The molecule has 0 saturated heterocycles. The van der Waals surface area contributed by atoms with Gasteiger partial charge in [-0.2, -0.15) is 0 Å². The van der Waals surface area contributed by atoms with Crippen molar-refractivity contribution in [3.05, 3.63) is 70.1 Å². The molecule has 1 atom stereocenters. The van der Waals surface area contributed by atoms with Crippen molar-refractivity contribution >= 4 is 11.9 Å². The number of benzene rings is 1. The first kappa shape index (κ1) is 13.5. The number of carbonyl (C=O) groups excluding carboxylic acids is 1. The summed E-state index contributed by atoms with van der Waals surface area (Å²) < 4.78 is 0. The number of hydrogen-bond acceptors (Lipinski definition) is 3. The van der Waals surface area contributed by atoms with E-state index in [1.54, 1.807) is 30.3 Å². The highest BCUT2D eigenvalue weighted by molar-refractivity contribution is 5.96. The third kappa shape index (κ3) is 2.92. The molecule has 2 rings (SSSR count). The lowest BCUT2D eigenvalue weighted by atomic mass is 10.1. The molecule has 0 unspecified atom stereocenters. The average molecular weight is 272 g/mol. The molecule has 0 aliphatic rings. The second-order valence-electron chi connectivity index (χ2n) is 4.08. The maximum absolute atomic E-state index is 12.0. The van der Waals surface area contributed by atoms with Crippen LogP contribution in [0.1, 0.15) is 22.0 Å². The lowest BCUT2D eigenvalue weighted by molar-refractivity contribution is -0.139. The number of aliphatic carboxylic acids is 1. The molecule has 0 radical (unpaired) electrons. The van der Waals surface area contributed by atoms with Crippen LogP contribution in [0.25, 0.3) is 0 Å². The molecule has 1 aromatic carbocycles. The Morgan fingerprint density at radius 3 is 2.45 bits per heavy atom. The summed E-state index contributed by atoms with van der Waals surface area (Å²) in [5.74, 6) is -1.93. The van der Waals surface area contributed by atoms with Crippen molar-refractivity contribution in [3.63, 3.8) is 0 Å².